The molecule has 2 heterocycles. The van der Waals surface area contributed by atoms with E-state index >= 15 is 0 Å². The lowest BCUT2D eigenvalue weighted by Crippen LogP contribution is -2.05. The van der Waals surface area contributed by atoms with Gasteiger partial charge < -0.3 is 5.11 Å². The maximum absolute atomic E-state index is 12.7. The molecular formula is C11H10F2N4O2S. The number of aliphatic carboxylic acids is 1. The first-order valence-electron chi connectivity index (χ1n) is 5.51. The summed E-state index contributed by atoms with van der Waals surface area (Å²) in [5.41, 5.74) is 0.245. The lowest BCUT2D eigenvalue weighted by Gasteiger charge is -2.04. The quantitative estimate of drug-likeness (QED) is 0.852. The topological polar surface area (TPSA) is 80.9 Å². The van der Waals surface area contributed by atoms with Gasteiger partial charge in [0.05, 0.1) is 11.4 Å². The molecule has 0 aliphatic rings. The van der Waals surface area contributed by atoms with E-state index < -0.39 is 18.1 Å². The minimum Gasteiger partial charge on any atom is -0.481 e. The number of halogens is 2. The number of carboxylic acid groups (broad SMARTS) is 1. The van der Waals surface area contributed by atoms with Crippen LogP contribution in [0.1, 0.15) is 17.8 Å². The molecule has 0 atom stereocenters. The van der Waals surface area contributed by atoms with Gasteiger partial charge in [0.2, 0.25) is 0 Å². The van der Waals surface area contributed by atoms with E-state index in [4.69, 9.17) is 5.11 Å². The molecule has 0 saturated heterocycles. The molecule has 6 nitrogen and oxygen atoms in total. The fourth-order valence-electron chi connectivity index (χ4n) is 1.40. The van der Waals surface area contributed by atoms with Crippen LogP contribution >= 0.6 is 11.8 Å². The number of carboxylic acids is 1. The molecule has 0 radical (unpaired) electrons. The molecule has 0 fully saturated rings. The molecule has 0 unspecified atom stereocenters. The summed E-state index contributed by atoms with van der Waals surface area (Å²) in [6.45, 7) is 1.74. The van der Waals surface area contributed by atoms with Gasteiger partial charge in [-0.05, 0) is 25.1 Å². The first-order chi connectivity index (χ1) is 9.47. The van der Waals surface area contributed by atoms with Crippen LogP contribution in [0.15, 0.2) is 23.2 Å². The number of nitrogens with zero attached hydrogens (tertiary/aromatic N) is 4. The van der Waals surface area contributed by atoms with Gasteiger partial charge in [-0.3, -0.25) is 4.79 Å². The molecule has 106 valence electrons. The summed E-state index contributed by atoms with van der Waals surface area (Å²) in [4.78, 5) is 10.6. The smallest absolute Gasteiger partial charge is 0.313 e. The van der Waals surface area contributed by atoms with Crippen molar-refractivity contribution in [2.75, 3.05) is 5.75 Å². The Morgan fingerprint density at radius 3 is 2.75 bits per heavy atom. The maximum atomic E-state index is 12.7. The molecule has 0 aliphatic carbocycles. The van der Waals surface area contributed by atoms with Gasteiger partial charge in [-0.15, -0.1) is 5.10 Å². The standard InChI is InChI=1S/C11H10F2N4O2S/c1-6-2-3-8(15-14-6)17-9(20-5-10(18)19)4-7(16-17)11(12)13/h2-4,11H,5H2,1H3,(H,18,19). The van der Waals surface area contributed by atoms with Gasteiger partial charge in [-0.1, -0.05) is 11.8 Å². The number of aromatic nitrogens is 4. The summed E-state index contributed by atoms with van der Waals surface area (Å²) in [5, 5.41) is 20.4. The molecule has 0 amide bonds. The number of alkyl halides is 2. The predicted molar refractivity (Wildman–Crippen MR) is 67.2 cm³/mol. The van der Waals surface area contributed by atoms with Crippen molar-refractivity contribution in [3.63, 3.8) is 0 Å². The molecule has 20 heavy (non-hydrogen) atoms. The lowest BCUT2D eigenvalue weighted by atomic mass is 10.4. The zero-order valence-corrected chi connectivity index (χ0v) is 11.1. The van der Waals surface area contributed by atoms with Gasteiger partial charge in [0, 0.05) is 0 Å². The molecule has 9 heteroatoms. The first-order valence-corrected chi connectivity index (χ1v) is 6.49. The summed E-state index contributed by atoms with van der Waals surface area (Å²) in [5.74, 6) is -1.04. The Kier molecular flexibility index (Phi) is 4.28. The van der Waals surface area contributed by atoms with Crippen LogP contribution < -0.4 is 0 Å². The largest absolute Gasteiger partial charge is 0.481 e. The van der Waals surface area contributed by atoms with E-state index in [9.17, 15) is 13.6 Å². The second-order valence-electron chi connectivity index (χ2n) is 3.84. The molecule has 0 saturated carbocycles. The predicted octanol–water partition coefficient (Wildman–Crippen LogP) is 2.09. The third-order valence-corrected chi connectivity index (χ3v) is 3.24. The molecule has 2 rings (SSSR count). The highest BCUT2D eigenvalue weighted by atomic mass is 32.2. The zero-order chi connectivity index (χ0) is 14.7. The maximum Gasteiger partial charge on any atom is 0.313 e. The minimum atomic E-state index is -2.74. The Balaban J connectivity index is 2.38. The summed E-state index contributed by atoms with van der Waals surface area (Å²) in [6, 6.07) is 4.40. The Morgan fingerprint density at radius 1 is 1.45 bits per heavy atom. The van der Waals surface area contributed by atoms with E-state index in [0.29, 0.717) is 5.69 Å². The molecule has 0 aliphatic heterocycles. The Bertz CT molecular complexity index is 615. The number of hydrogen-bond acceptors (Lipinski definition) is 5. The number of carbonyl (C=O) groups is 1. The zero-order valence-electron chi connectivity index (χ0n) is 10.3. The van der Waals surface area contributed by atoms with Crippen LogP contribution in [-0.2, 0) is 4.79 Å². The van der Waals surface area contributed by atoms with Gasteiger partial charge >= 0.3 is 5.97 Å². The summed E-state index contributed by atoms with van der Waals surface area (Å²) < 4.78 is 26.6. The molecule has 0 spiro atoms. The average Bonchev–Trinajstić information content (AvgIpc) is 2.81. The van der Waals surface area contributed by atoms with Crippen molar-refractivity contribution in [1.82, 2.24) is 20.0 Å². The fourth-order valence-corrected chi connectivity index (χ4v) is 2.13. The van der Waals surface area contributed by atoms with Crippen LogP contribution in [-0.4, -0.2) is 36.8 Å². The highest BCUT2D eigenvalue weighted by Gasteiger charge is 2.18. The molecule has 0 bridgehead atoms. The van der Waals surface area contributed by atoms with Gasteiger partial charge in [0.1, 0.15) is 10.7 Å². The second kappa shape index (κ2) is 5.95. The Hall–Kier alpha value is -2.03. The van der Waals surface area contributed by atoms with E-state index in [2.05, 4.69) is 15.3 Å². The van der Waals surface area contributed by atoms with Crippen LogP contribution in [0.4, 0.5) is 8.78 Å². The van der Waals surface area contributed by atoms with Crippen molar-refractivity contribution < 1.29 is 18.7 Å². The van der Waals surface area contributed by atoms with E-state index in [1.807, 2.05) is 0 Å². The van der Waals surface area contributed by atoms with Crippen molar-refractivity contribution in [3.8, 4) is 5.82 Å². The fraction of sp³-hybridized carbons (Fsp3) is 0.273. The van der Waals surface area contributed by atoms with E-state index in [-0.39, 0.29) is 16.6 Å². The van der Waals surface area contributed by atoms with Gasteiger partial charge in [0.25, 0.3) is 6.43 Å². The number of hydrogen-bond donors (Lipinski definition) is 1. The number of aryl methyl sites for hydroxylation is 1. The van der Waals surface area contributed by atoms with E-state index in [1.54, 1.807) is 19.1 Å². The average molecular weight is 300 g/mol. The third kappa shape index (κ3) is 3.29. The third-order valence-electron chi connectivity index (χ3n) is 2.26. The summed E-state index contributed by atoms with van der Waals surface area (Å²) >= 11 is 0.892. The highest BCUT2D eigenvalue weighted by molar-refractivity contribution is 7.99. The van der Waals surface area contributed by atoms with Crippen molar-refractivity contribution in [2.45, 2.75) is 18.4 Å². The number of thioether (sulfide) groups is 1. The van der Waals surface area contributed by atoms with Crippen LogP contribution in [0.25, 0.3) is 5.82 Å². The molecule has 2 aromatic heterocycles. The molecule has 1 N–H and O–H groups in total. The van der Waals surface area contributed by atoms with Crippen molar-refractivity contribution in [1.29, 1.82) is 0 Å². The van der Waals surface area contributed by atoms with E-state index in [1.165, 1.54) is 4.68 Å². The van der Waals surface area contributed by atoms with Gasteiger partial charge in [-0.2, -0.15) is 10.2 Å². The lowest BCUT2D eigenvalue weighted by molar-refractivity contribution is -0.133. The molecule has 0 aromatic carbocycles. The van der Waals surface area contributed by atoms with Crippen LogP contribution in [0.2, 0.25) is 0 Å². The number of rotatable bonds is 5. The monoisotopic (exact) mass is 300 g/mol. The van der Waals surface area contributed by atoms with Crippen LogP contribution in [0.5, 0.6) is 0 Å². The summed E-state index contributed by atoms with van der Waals surface area (Å²) in [6.07, 6.45) is -2.74. The highest BCUT2D eigenvalue weighted by Crippen LogP contribution is 2.26. The Morgan fingerprint density at radius 2 is 2.20 bits per heavy atom. The second-order valence-corrected chi connectivity index (χ2v) is 4.83. The van der Waals surface area contributed by atoms with E-state index in [0.717, 1.165) is 17.8 Å². The van der Waals surface area contributed by atoms with Crippen molar-refractivity contribution >= 4 is 17.7 Å². The van der Waals surface area contributed by atoms with Crippen molar-refractivity contribution in [3.05, 3.63) is 29.6 Å². The van der Waals surface area contributed by atoms with Crippen LogP contribution in [0, 0.1) is 6.92 Å². The van der Waals surface area contributed by atoms with Crippen LogP contribution in [0.3, 0.4) is 0 Å². The Labute approximate surface area is 116 Å². The minimum absolute atomic E-state index is 0.256. The summed E-state index contributed by atoms with van der Waals surface area (Å²) in [7, 11) is 0. The molecular weight excluding hydrogens is 290 g/mol. The van der Waals surface area contributed by atoms with Gasteiger partial charge in [-0.25, -0.2) is 13.5 Å². The van der Waals surface area contributed by atoms with Gasteiger partial charge in [0.15, 0.2) is 5.82 Å². The first kappa shape index (κ1) is 14.4. The SMILES string of the molecule is Cc1ccc(-n2nc(C(F)F)cc2SCC(=O)O)nn1. The molecule has 2 aromatic rings. The normalized spacial score (nSPS) is 11.0. The van der Waals surface area contributed by atoms with Crippen molar-refractivity contribution in [2.24, 2.45) is 0 Å².